The molecule has 3 rings (SSSR count). The number of hydrogen-bond donors (Lipinski definition) is 3. The fourth-order valence-corrected chi connectivity index (χ4v) is 2.12. The van der Waals surface area contributed by atoms with E-state index in [1.165, 1.54) is 5.56 Å². The van der Waals surface area contributed by atoms with Crippen molar-refractivity contribution >= 4 is 11.8 Å². The van der Waals surface area contributed by atoms with Gasteiger partial charge in [-0.15, -0.1) is 0 Å². The van der Waals surface area contributed by atoms with Crippen molar-refractivity contribution in [3.05, 3.63) is 72.3 Å². The normalized spacial score (nSPS) is 10.4. The molecule has 4 N–H and O–H groups in total. The maximum Gasteiger partial charge on any atom is 0.222 e. The Bertz CT molecular complexity index is 729. The van der Waals surface area contributed by atoms with Crippen molar-refractivity contribution in [3.63, 3.8) is 0 Å². The van der Waals surface area contributed by atoms with Crippen LogP contribution >= 0.6 is 0 Å². The first-order chi connectivity index (χ1) is 10.8. The van der Waals surface area contributed by atoms with Crippen LogP contribution < -0.4 is 16.6 Å². The maximum absolute atomic E-state index is 5.79. The third-order valence-corrected chi connectivity index (χ3v) is 3.16. The van der Waals surface area contributed by atoms with E-state index in [9.17, 15) is 0 Å². The van der Waals surface area contributed by atoms with Crippen LogP contribution in [0, 0.1) is 0 Å². The highest BCUT2D eigenvalue weighted by Crippen LogP contribution is 2.19. The second-order valence-corrected chi connectivity index (χ2v) is 4.83. The molecule has 1 heterocycles. The first kappa shape index (κ1) is 14.0. The van der Waals surface area contributed by atoms with E-state index in [2.05, 4.69) is 33.0 Å². The monoisotopic (exact) mass is 291 g/mol. The lowest BCUT2D eigenvalue weighted by Crippen LogP contribution is -2.22. The van der Waals surface area contributed by atoms with E-state index in [1.807, 2.05) is 54.6 Å². The predicted molar refractivity (Wildman–Crippen MR) is 88.8 cm³/mol. The number of nitrogens with zero attached hydrogens (tertiary/aromatic N) is 2. The van der Waals surface area contributed by atoms with E-state index in [-0.39, 0.29) is 5.95 Å². The average molecular weight is 291 g/mol. The number of anilines is 2. The molecule has 1 aromatic heterocycles. The number of rotatable bonds is 5. The van der Waals surface area contributed by atoms with Gasteiger partial charge in [-0.25, -0.2) is 10.4 Å². The zero-order valence-electron chi connectivity index (χ0n) is 12.0. The Morgan fingerprint density at radius 2 is 1.55 bits per heavy atom. The summed E-state index contributed by atoms with van der Waals surface area (Å²) in [6.45, 7) is 0.686. The quantitative estimate of drug-likeness (QED) is 0.630. The Hall–Kier alpha value is -2.92. The van der Waals surface area contributed by atoms with Gasteiger partial charge in [0.2, 0.25) is 5.95 Å². The van der Waals surface area contributed by atoms with Gasteiger partial charge < -0.3 is 11.2 Å². The number of aromatic nitrogens is 2. The summed E-state index contributed by atoms with van der Waals surface area (Å²) in [6, 6.07) is 21.9. The minimum absolute atomic E-state index is 0.241. The zero-order valence-corrected chi connectivity index (χ0v) is 12.0. The molecule has 0 bridgehead atoms. The van der Waals surface area contributed by atoms with Crippen LogP contribution in [-0.2, 0) is 6.54 Å². The molecule has 0 spiro atoms. The third kappa shape index (κ3) is 3.59. The summed E-state index contributed by atoms with van der Waals surface area (Å²) in [6.07, 6.45) is 0. The smallest absolute Gasteiger partial charge is 0.222 e. The van der Waals surface area contributed by atoms with Gasteiger partial charge in [-0.05, 0) is 5.56 Å². The van der Waals surface area contributed by atoms with Crippen LogP contribution in [-0.4, -0.2) is 9.97 Å². The molecule has 0 saturated carbocycles. The molecule has 0 aliphatic rings. The van der Waals surface area contributed by atoms with Gasteiger partial charge in [0, 0.05) is 18.2 Å². The van der Waals surface area contributed by atoms with Gasteiger partial charge in [-0.2, -0.15) is 4.98 Å². The van der Waals surface area contributed by atoms with Crippen LogP contribution in [0.15, 0.2) is 66.7 Å². The Labute approximate surface area is 129 Å². The molecule has 0 radical (unpaired) electrons. The van der Waals surface area contributed by atoms with Crippen LogP contribution in [0.25, 0.3) is 11.3 Å². The van der Waals surface area contributed by atoms with Crippen molar-refractivity contribution in [2.24, 2.45) is 0 Å². The minimum atomic E-state index is 0.241. The highest BCUT2D eigenvalue weighted by molar-refractivity contribution is 5.63. The number of benzene rings is 2. The molecule has 0 aliphatic heterocycles. The van der Waals surface area contributed by atoms with E-state index >= 15 is 0 Å². The SMILES string of the molecule is Nc1nc(NNCc2ccccc2)cc(-c2ccccc2)n1. The summed E-state index contributed by atoms with van der Waals surface area (Å²) in [5.74, 6) is 0.882. The number of nitrogens with one attached hydrogen (secondary N) is 2. The zero-order chi connectivity index (χ0) is 15.2. The number of hydrazine groups is 1. The predicted octanol–water partition coefficient (Wildman–Crippen LogP) is 2.84. The lowest BCUT2D eigenvalue weighted by atomic mass is 10.1. The topological polar surface area (TPSA) is 75.9 Å². The second kappa shape index (κ2) is 6.69. The van der Waals surface area contributed by atoms with Gasteiger partial charge in [-0.3, -0.25) is 0 Å². The lowest BCUT2D eigenvalue weighted by molar-refractivity contribution is 0.794. The van der Waals surface area contributed by atoms with Crippen molar-refractivity contribution < 1.29 is 0 Å². The summed E-state index contributed by atoms with van der Waals surface area (Å²) >= 11 is 0. The van der Waals surface area contributed by atoms with Crippen LogP contribution in [0.2, 0.25) is 0 Å². The second-order valence-electron chi connectivity index (χ2n) is 4.83. The minimum Gasteiger partial charge on any atom is -0.368 e. The van der Waals surface area contributed by atoms with Gasteiger partial charge in [0.25, 0.3) is 0 Å². The van der Waals surface area contributed by atoms with Crippen molar-refractivity contribution in [3.8, 4) is 11.3 Å². The van der Waals surface area contributed by atoms with Gasteiger partial charge in [-0.1, -0.05) is 60.7 Å². The Kier molecular flexibility index (Phi) is 4.27. The van der Waals surface area contributed by atoms with Crippen LogP contribution in [0.5, 0.6) is 0 Å². The fraction of sp³-hybridized carbons (Fsp3) is 0.0588. The molecule has 22 heavy (non-hydrogen) atoms. The summed E-state index contributed by atoms with van der Waals surface area (Å²) in [5, 5.41) is 0. The van der Waals surface area contributed by atoms with Gasteiger partial charge in [0.05, 0.1) is 5.69 Å². The lowest BCUT2D eigenvalue weighted by Gasteiger charge is -2.10. The molecule has 5 nitrogen and oxygen atoms in total. The van der Waals surface area contributed by atoms with E-state index in [4.69, 9.17) is 5.73 Å². The van der Waals surface area contributed by atoms with Gasteiger partial charge in [0.15, 0.2) is 0 Å². The van der Waals surface area contributed by atoms with E-state index in [0.29, 0.717) is 12.4 Å². The Balaban J connectivity index is 1.70. The molecule has 0 atom stereocenters. The van der Waals surface area contributed by atoms with Crippen LogP contribution in [0.1, 0.15) is 5.56 Å². The highest BCUT2D eigenvalue weighted by atomic mass is 15.4. The Morgan fingerprint density at radius 3 is 2.27 bits per heavy atom. The number of hydrogen-bond acceptors (Lipinski definition) is 5. The molecule has 0 aliphatic carbocycles. The summed E-state index contributed by atoms with van der Waals surface area (Å²) in [4.78, 5) is 8.45. The average Bonchev–Trinajstić information content (AvgIpc) is 2.56. The molecule has 110 valence electrons. The third-order valence-electron chi connectivity index (χ3n) is 3.16. The van der Waals surface area contributed by atoms with Crippen molar-refractivity contribution in [1.29, 1.82) is 0 Å². The fourth-order valence-electron chi connectivity index (χ4n) is 2.12. The molecule has 0 amide bonds. The van der Waals surface area contributed by atoms with Crippen LogP contribution in [0.3, 0.4) is 0 Å². The van der Waals surface area contributed by atoms with Crippen LogP contribution in [0.4, 0.5) is 11.8 Å². The molecule has 0 fully saturated rings. The molecular formula is C17H17N5. The van der Waals surface area contributed by atoms with E-state index in [0.717, 1.165) is 11.3 Å². The number of nitrogens with two attached hydrogens (primary N) is 1. The van der Waals surface area contributed by atoms with Crippen molar-refractivity contribution in [2.45, 2.75) is 6.54 Å². The molecule has 3 aromatic rings. The summed E-state index contributed by atoms with van der Waals surface area (Å²) in [5.41, 5.74) is 15.0. The Morgan fingerprint density at radius 1 is 0.864 bits per heavy atom. The van der Waals surface area contributed by atoms with Gasteiger partial charge >= 0.3 is 0 Å². The molecule has 5 heteroatoms. The van der Waals surface area contributed by atoms with Crippen molar-refractivity contribution in [2.75, 3.05) is 11.2 Å². The first-order valence-corrected chi connectivity index (χ1v) is 7.04. The van der Waals surface area contributed by atoms with E-state index < -0.39 is 0 Å². The molecule has 0 unspecified atom stereocenters. The first-order valence-electron chi connectivity index (χ1n) is 7.04. The molecular weight excluding hydrogens is 274 g/mol. The molecule has 2 aromatic carbocycles. The summed E-state index contributed by atoms with van der Waals surface area (Å²) < 4.78 is 0. The van der Waals surface area contributed by atoms with Gasteiger partial charge in [0.1, 0.15) is 5.82 Å². The number of nitrogen functional groups attached to an aromatic ring is 1. The standard InChI is InChI=1S/C17H17N5/c18-17-20-15(14-9-5-2-6-10-14)11-16(21-17)22-19-12-13-7-3-1-4-8-13/h1-11,19H,12H2,(H3,18,20,21,22). The van der Waals surface area contributed by atoms with E-state index in [1.54, 1.807) is 0 Å². The highest BCUT2D eigenvalue weighted by Gasteiger charge is 2.04. The maximum atomic E-state index is 5.79. The summed E-state index contributed by atoms with van der Waals surface area (Å²) in [7, 11) is 0. The molecule has 0 saturated heterocycles. The van der Waals surface area contributed by atoms with Crippen molar-refractivity contribution in [1.82, 2.24) is 15.4 Å². The largest absolute Gasteiger partial charge is 0.368 e.